The summed E-state index contributed by atoms with van der Waals surface area (Å²) in [7, 11) is 0. The predicted octanol–water partition coefficient (Wildman–Crippen LogP) is 3.31. The standard InChI is InChI=1S/C21H17FN4O2/c22-17-9-5-4-8-16(17)20(27)25-10-12-26(13-11-25)21-18(14-23)24-19(28-21)15-6-2-1-3-7-15/h1-9H,10-13H2. The van der Waals surface area contributed by atoms with Gasteiger partial charge in [-0.15, -0.1) is 0 Å². The van der Waals surface area contributed by atoms with Crippen molar-refractivity contribution in [2.75, 3.05) is 31.1 Å². The highest BCUT2D eigenvalue weighted by Crippen LogP contribution is 2.29. The third-order valence-electron chi connectivity index (χ3n) is 4.69. The predicted molar refractivity (Wildman–Crippen MR) is 101 cm³/mol. The zero-order valence-corrected chi connectivity index (χ0v) is 15.0. The number of hydrogen-bond acceptors (Lipinski definition) is 5. The fourth-order valence-corrected chi connectivity index (χ4v) is 3.22. The molecule has 1 aliphatic rings. The Hall–Kier alpha value is -3.66. The lowest BCUT2D eigenvalue weighted by Gasteiger charge is -2.34. The Balaban J connectivity index is 1.50. The number of carbonyl (C=O) groups is 1. The van der Waals surface area contributed by atoms with Crippen molar-refractivity contribution in [1.29, 1.82) is 5.26 Å². The van der Waals surface area contributed by atoms with E-state index in [1.165, 1.54) is 12.1 Å². The third kappa shape index (κ3) is 3.32. The van der Waals surface area contributed by atoms with Crippen LogP contribution in [0, 0.1) is 17.1 Å². The molecular weight excluding hydrogens is 359 g/mol. The summed E-state index contributed by atoms with van der Waals surface area (Å²) in [6.07, 6.45) is 0. The molecule has 1 aromatic heterocycles. The maximum atomic E-state index is 13.9. The molecule has 1 saturated heterocycles. The highest BCUT2D eigenvalue weighted by molar-refractivity contribution is 5.94. The number of aromatic nitrogens is 1. The van der Waals surface area contributed by atoms with Crippen molar-refractivity contribution in [2.45, 2.75) is 0 Å². The summed E-state index contributed by atoms with van der Waals surface area (Å²) in [4.78, 5) is 20.3. The molecule has 0 N–H and O–H groups in total. The molecular formula is C21H17FN4O2. The van der Waals surface area contributed by atoms with Crippen LogP contribution in [0.3, 0.4) is 0 Å². The molecule has 0 aliphatic carbocycles. The number of halogens is 1. The van der Waals surface area contributed by atoms with Gasteiger partial charge in [-0.25, -0.2) is 4.39 Å². The van der Waals surface area contributed by atoms with Crippen LogP contribution in [0.2, 0.25) is 0 Å². The molecule has 2 heterocycles. The Kier molecular flexibility index (Phi) is 4.77. The largest absolute Gasteiger partial charge is 0.419 e. The minimum atomic E-state index is -0.524. The lowest BCUT2D eigenvalue weighted by atomic mass is 10.1. The Morgan fingerprint density at radius 3 is 2.39 bits per heavy atom. The minimum Gasteiger partial charge on any atom is -0.419 e. The van der Waals surface area contributed by atoms with E-state index in [4.69, 9.17) is 4.42 Å². The molecule has 4 rings (SSSR count). The van der Waals surface area contributed by atoms with Gasteiger partial charge in [-0.05, 0) is 24.3 Å². The monoisotopic (exact) mass is 376 g/mol. The molecule has 0 spiro atoms. The van der Waals surface area contributed by atoms with Gasteiger partial charge in [0.05, 0.1) is 5.56 Å². The summed E-state index contributed by atoms with van der Waals surface area (Å²) in [5.41, 5.74) is 1.08. The van der Waals surface area contributed by atoms with E-state index in [-0.39, 0.29) is 17.2 Å². The topological polar surface area (TPSA) is 73.4 Å². The van der Waals surface area contributed by atoms with Crippen LogP contribution >= 0.6 is 0 Å². The van der Waals surface area contributed by atoms with E-state index in [0.29, 0.717) is 38.0 Å². The van der Waals surface area contributed by atoms with Crippen LogP contribution in [0.15, 0.2) is 59.0 Å². The summed E-state index contributed by atoms with van der Waals surface area (Å²) < 4.78 is 19.7. The normalized spacial score (nSPS) is 14.0. The Morgan fingerprint density at radius 2 is 1.71 bits per heavy atom. The van der Waals surface area contributed by atoms with Crippen LogP contribution in [0.5, 0.6) is 0 Å². The molecule has 1 fully saturated rings. The molecule has 6 nitrogen and oxygen atoms in total. The molecule has 7 heteroatoms. The van der Waals surface area contributed by atoms with Crippen molar-refractivity contribution in [2.24, 2.45) is 0 Å². The Bertz CT molecular complexity index is 1030. The molecule has 28 heavy (non-hydrogen) atoms. The second kappa shape index (κ2) is 7.53. The van der Waals surface area contributed by atoms with Crippen molar-refractivity contribution in [3.05, 3.63) is 71.7 Å². The number of anilines is 1. The van der Waals surface area contributed by atoms with E-state index >= 15 is 0 Å². The van der Waals surface area contributed by atoms with Crippen molar-refractivity contribution >= 4 is 11.8 Å². The molecule has 0 unspecified atom stereocenters. The molecule has 3 aromatic rings. The lowest BCUT2D eigenvalue weighted by molar-refractivity contribution is 0.0740. The van der Waals surface area contributed by atoms with Crippen LogP contribution < -0.4 is 4.90 Å². The first kappa shape index (κ1) is 17.7. The average Bonchev–Trinajstić information content (AvgIpc) is 3.19. The van der Waals surface area contributed by atoms with Crippen LogP contribution in [0.25, 0.3) is 11.5 Å². The van der Waals surface area contributed by atoms with Crippen molar-refractivity contribution in [3.63, 3.8) is 0 Å². The first-order valence-electron chi connectivity index (χ1n) is 8.92. The van der Waals surface area contributed by atoms with Gasteiger partial charge in [0.25, 0.3) is 5.91 Å². The smallest absolute Gasteiger partial charge is 0.256 e. The summed E-state index contributed by atoms with van der Waals surface area (Å²) in [5.74, 6) is -0.0680. The van der Waals surface area contributed by atoms with Gasteiger partial charge in [-0.2, -0.15) is 10.2 Å². The van der Waals surface area contributed by atoms with E-state index in [1.54, 1.807) is 17.0 Å². The zero-order valence-electron chi connectivity index (χ0n) is 15.0. The highest BCUT2D eigenvalue weighted by atomic mass is 19.1. The molecule has 140 valence electrons. The molecule has 2 aromatic carbocycles. The Labute approximate surface area is 161 Å². The fraction of sp³-hybridized carbons (Fsp3) is 0.190. The summed E-state index contributed by atoms with van der Waals surface area (Å²) in [5, 5.41) is 9.42. The third-order valence-corrected chi connectivity index (χ3v) is 4.69. The minimum absolute atomic E-state index is 0.0692. The lowest BCUT2D eigenvalue weighted by Crippen LogP contribution is -2.49. The molecule has 0 bridgehead atoms. The number of piperazine rings is 1. The van der Waals surface area contributed by atoms with E-state index in [1.807, 2.05) is 35.2 Å². The SMILES string of the molecule is N#Cc1nc(-c2ccccc2)oc1N1CCN(C(=O)c2ccccc2F)CC1. The zero-order chi connectivity index (χ0) is 19.5. The van der Waals surface area contributed by atoms with Crippen LogP contribution in [-0.4, -0.2) is 42.0 Å². The van der Waals surface area contributed by atoms with Crippen molar-refractivity contribution in [3.8, 4) is 17.5 Å². The Morgan fingerprint density at radius 1 is 1.04 bits per heavy atom. The average molecular weight is 376 g/mol. The number of oxazole rings is 1. The number of nitriles is 1. The quantitative estimate of drug-likeness (QED) is 0.701. The van der Waals surface area contributed by atoms with Crippen molar-refractivity contribution in [1.82, 2.24) is 9.88 Å². The number of rotatable bonds is 3. The van der Waals surface area contributed by atoms with E-state index in [0.717, 1.165) is 5.56 Å². The molecule has 0 radical (unpaired) electrons. The van der Waals surface area contributed by atoms with Gasteiger partial charge in [0.1, 0.15) is 11.9 Å². The van der Waals surface area contributed by atoms with Gasteiger partial charge in [0, 0.05) is 31.7 Å². The number of carbonyl (C=O) groups excluding carboxylic acids is 1. The van der Waals surface area contributed by atoms with E-state index in [2.05, 4.69) is 11.1 Å². The van der Waals surface area contributed by atoms with Gasteiger partial charge in [-0.3, -0.25) is 4.79 Å². The second-order valence-electron chi connectivity index (χ2n) is 6.41. The maximum absolute atomic E-state index is 13.9. The molecule has 0 saturated carbocycles. The van der Waals surface area contributed by atoms with Crippen molar-refractivity contribution < 1.29 is 13.6 Å². The van der Waals surface area contributed by atoms with E-state index < -0.39 is 5.82 Å². The second-order valence-corrected chi connectivity index (χ2v) is 6.41. The number of amides is 1. The van der Waals surface area contributed by atoms with Gasteiger partial charge in [0.2, 0.25) is 17.5 Å². The van der Waals surface area contributed by atoms with Crippen LogP contribution in [0.4, 0.5) is 10.3 Å². The van der Waals surface area contributed by atoms with Gasteiger partial charge in [-0.1, -0.05) is 30.3 Å². The van der Waals surface area contributed by atoms with Gasteiger partial charge >= 0.3 is 0 Å². The fourth-order valence-electron chi connectivity index (χ4n) is 3.22. The van der Waals surface area contributed by atoms with Crippen LogP contribution in [-0.2, 0) is 0 Å². The molecule has 1 aliphatic heterocycles. The molecule has 1 amide bonds. The highest BCUT2D eigenvalue weighted by Gasteiger charge is 2.27. The summed E-state index contributed by atoms with van der Waals surface area (Å²) in [6.45, 7) is 1.75. The number of hydrogen-bond donors (Lipinski definition) is 0. The van der Waals surface area contributed by atoms with Gasteiger partial charge in [0.15, 0.2) is 0 Å². The van der Waals surface area contributed by atoms with E-state index in [9.17, 15) is 14.4 Å². The van der Waals surface area contributed by atoms with Crippen LogP contribution in [0.1, 0.15) is 16.1 Å². The summed E-state index contributed by atoms with van der Waals surface area (Å²) >= 11 is 0. The molecule has 0 atom stereocenters. The first-order chi connectivity index (χ1) is 13.7. The maximum Gasteiger partial charge on any atom is 0.256 e. The first-order valence-corrected chi connectivity index (χ1v) is 8.92. The number of nitrogens with zero attached hydrogens (tertiary/aromatic N) is 4. The number of benzene rings is 2. The van der Waals surface area contributed by atoms with Gasteiger partial charge < -0.3 is 14.2 Å². The summed E-state index contributed by atoms with van der Waals surface area (Å²) in [6, 6.07) is 17.4.